The van der Waals surface area contributed by atoms with E-state index in [1.165, 1.54) is 43.5 Å². The van der Waals surface area contributed by atoms with Crippen molar-refractivity contribution >= 4 is 11.0 Å². The molecule has 1 fully saturated rings. The fourth-order valence-corrected chi connectivity index (χ4v) is 3.75. The average molecular weight is 464 g/mol. The Bertz CT molecular complexity index is 1120. The first-order valence-electron chi connectivity index (χ1n) is 10.1. The van der Waals surface area contributed by atoms with Gasteiger partial charge in [0.25, 0.3) is 0 Å². The molecule has 6 N–H and O–H groups in total. The number of methoxy groups -OCH3 is 1. The summed E-state index contributed by atoms with van der Waals surface area (Å²) in [6.45, 7) is -0.595. The number of aliphatic hydroxyl groups is 5. The van der Waals surface area contributed by atoms with Gasteiger partial charge in [0.1, 0.15) is 52.6 Å². The monoisotopic (exact) mass is 464 g/mol. The summed E-state index contributed by atoms with van der Waals surface area (Å²) in [7, 11) is 1.39. The second kappa shape index (κ2) is 8.88. The predicted octanol–water partition coefficient (Wildman–Crippen LogP) is -0.994. The third-order valence-corrected chi connectivity index (χ3v) is 5.63. The Hall–Kier alpha value is -2.77. The summed E-state index contributed by atoms with van der Waals surface area (Å²) in [6, 6.07) is 3.74. The smallest absolute Gasteiger partial charge is 0.196 e. The Labute approximate surface area is 187 Å². The van der Waals surface area contributed by atoms with Crippen LogP contribution >= 0.6 is 0 Å². The molecule has 1 aromatic heterocycles. The van der Waals surface area contributed by atoms with E-state index in [1.807, 2.05) is 0 Å². The van der Waals surface area contributed by atoms with Crippen LogP contribution in [0.1, 0.15) is 5.76 Å². The molecule has 5 atom stereocenters. The molecule has 2 aromatic rings. The van der Waals surface area contributed by atoms with Gasteiger partial charge in [0, 0.05) is 18.2 Å². The maximum Gasteiger partial charge on any atom is 0.196 e. The van der Waals surface area contributed by atoms with E-state index in [-0.39, 0.29) is 28.2 Å². The zero-order valence-electron chi connectivity index (χ0n) is 17.4. The van der Waals surface area contributed by atoms with Crippen molar-refractivity contribution in [3.63, 3.8) is 0 Å². The molecule has 1 aliphatic heterocycles. The normalized spacial score (nSPS) is 34.0. The maximum absolute atomic E-state index is 12.5. The number of benzene rings is 1. The average Bonchev–Trinajstić information content (AvgIpc) is 2.80. The summed E-state index contributed by atoms with van der Waals surface area (Å²) >= 11 is 0. The summed E-state index contributed by atoms with van der Waals surface area (Å²) in [5, 5.41) is 60.2. The first-order valence-corrected chi connectivity index (χ1v) is 10.1. The van der Waals surface area contributed by atoms with Gasteiger partial charge in [-0.2, -0.15) is 0 Å². The summed E-state index contributed by atoms with van der Waals surface area (Å²) in [4.78, 5) is 12.5. The van der Waals surface area contributed by atoms with Crippen molar-refractivity contribution in [2.45, 2.75) is 42.4 Å². The van der Waals surface area contributed by atoms with Crippen LogP contribution in [0.2, 0.25) is 0 Å². The van der Waals surface area contributed by atoms with Crippen LogP contribution in [0.25, 0.3) is 11.0 Å². The van der Waals surface area contributed by atoms with Gasteiger partial charge in [-0.3, -0.25) is 4.79 Å². The van der Waals surface area contributed by atoms with Gasteiger partial charge < -0.3 is 49.3 Å². The van der Waals surface area contributed by atoms with Gasteiger partial charge in [-0.25, -0.2) is 0 Å². The molecule has 11 heteroatoms. The van der Waals surface area contributed by atoms with E-state index in [0.29, 0.717) is 0 Å². The molecule has 1 aromatic carbocycles. The SMILES string of the molecule is COc1cc(O)c2c(=O)cc(C3(O)C=CC(O[C@H]4O[C@@H](CO)[C@@H](O)[C@H](O)[C@H]4O)C=C3)oc2c1. The van der Waals surface area contributed by atoms with E-state index in [9.17, 15) is 35.4 Å². The highest BCUT2D eigenvalue weighted by atomic mass is 16.7. The van der Waals surface area contributed by atoms with Crippen molar-refractivity contribution in [1.82, 2.24) is 0 Å². The highest BCUT2D eigenvalue weighted by Gasteiger charge is 2.45. The molecular formula is C22H24O11. The van der Waals surface area contributed by atoms with Crippen LogP contribution in [-0.2, 0) is 15.1 Å². The number of phenols is 1. The minimum atomic E-state index is -1.82. The molecule has 1 saturated heterocycles. The van der Waals surface area contributed by atoms with Crippen molar-refractivity contribution in [2.75, 3.05) is 13.7 Å². The zero-order chi connectivity index (χ0) is 23.9. The molecular weight excluding hydrogens is 440 g/mol. The van der Waals surface area contributed by atoms with Crippen LogP contribution in [0.5, 0.6) is 11.5 Å². The van der Waals surface area contributed by atoms with Crippen LogP contribution in [0.3, 0.4) is 0 Å². The Balaban J connectivity index is 1.56. The van der Waals surface area contributed by atoms with E-state index in [4.69, 9.17) is 18.6 Å². The molecule has 33 heavy (non-hydrogen) atoms. The number of rotatable bonds is 5. The number of aromatic hydroxyl groups is 1. The van der Waals surface area contributed by atoms with Gasteiger partial charge in [0.2, 0.25) is 0 Å². The maximum atomic E-state index is 12.5. The largest absolute Gasteiger partial charge is 0.507 e. The van der Waals surface area contributed by atoms with E-state index >= 15 is 0 Å². The Morgan fingerprint density at radius 2 is 1.76 bits per heavy atom. The van der Waals surface area contributed by atoms with E-state index in [1.54, 1.807) is 0 Å². The molecule has 0 amide bonds. The van der Waals surface area contributed by atoms with Crippen molar-refractivity contribution in [3.8, 4) is 11.5 Å². The molecule has 178 valence electrons. The molecule has 1 aliphatic carbocycles. The number of hydrogen-bond donors (Lipinski definition) is 6. The number of aliphatic hydroxyl groups excluding tert-OH is 4. The van der Waals surface area contributed by atoms with Gasteiger partial charge >= 0.3 is 0 Å². The van der Waals surface area contributed by atoms with Gasteiger partial charge in [-0.1, -0.05) is 12.2 Å². The number of fused-ring (bicyclic) bond motifs is 1. The first-order chi connectivity index (χ1) is 15.7. The van der Waals surface area contributed by atoms with Gasteiger partial charge in [-0.15, -0.1) is 0 Å². The van der Waals surface area contributed by atoms with Gasteiger partial charge in [-0.05, 0) is 12.2 Å². The standard InChI is InChI=1S/C22H24O11/c1-30-11-6-12(24)17-13(25)8-16(32-14(17)7-11)22(29)4-2-10(3-5-22)31-21-20(28)19(27)18(26)15(9-23)33-21/h2-8,10,15,18-21,23-24,26-29H,9H2,1H3/t10?,15-,18+,19-,20+,21-,22?/m0/s1. The quantitative estimate of drug-likeness (QED) is 0.299. The van der Waals surface area contributed by atoms with E-state index < -0.39 is 54.4 Å². The first kappa shape index (κ1) is 23.4. The molecule has 0 saturated carbocycles. The number of phenolic OH excluding ortho intramolecular Hbond substituents is 1. The third kappa shape index (κ3) is 4.27. The molecule has 2 heterocycles. The third-order valence-electron chi connectivity index (χ3n) is 5.63. The molecule has 4 rings (SSSR count). The lowest BCUT2D eigenvalue weighted by atomic mass is 9.93. The van der Waals surface area contributed by atoms with Gasteiger partial charge in [0.05, 0.1) is 19.8 Å². The van der Waals surface area contributed by atoms with Gasteiger partial charge in [0.15, 0.2) is 17.3 Å². The summed E-state index contributed by atoms with van der Waals surface area (Å²) in [5.74, 6) is -0.180. The summed E-state index contributed by atoms with van der Waals surface area (Å²) < 4.78 is 21.6. The Morgan fingerprint density at radius 1 is 1.06 bits per heavy atom. The fraction of sp³-hybridized carbons (Fsp3) is 0.409. The Morgan fingerprint density at radius 3 is 2.39 bits per heavy atom. The molecule has 0 radical (unpaired) electrons. The lowest BCUT2D eigenvalue weighted by molar-refractivity contribution is -0.304. The summed E-state index contributed by atoms with van der Waals surface area (Å²) in [5.41, 5.74) is -2.37. The van der Waals surface area contributed by atoms with Crippen molar-refractivity contribution in [2.24, 2.45) is 0 Å². The molecule has 0 spiro atoms. The predicted molar refractivity (Wildman–Crippen MR) is 112 cm³/mol. The van der Waals surface area contributed by atoms with Crippen LogP contribution in [0.4, 0.5) is 0 Å². The fourth-order valence-electron chi connectivity index (χ4n) is 3.75. The lowest BCUT2D eigenvalue weighted by Crippen LogP contribution is -2.59. The minimum absolute atomic E-state index is 0.0178. The highest BCUT2D eigenvalue weighted by molar-refractivity contribution is 5.84. The Kier molecular flexibility index (Phi) is 6.29. The van der Waals surface area contributed by atoms with Crippen LogP contribution in [-0.4, -0.2) is 81.2 Å². The van der Waals surface area contributed by atoms with Crippen molar-refractivity contribution in [3.05, 3.63) is 58.5 Å². The molecule has 11 nitrogen and oxygen atoms in total. The molecule has 2 aliphatic rings. The number of hydrogen-bond acceptors (Lipinski definition) is 11. The van der Waals surface area contributed by atoms with Crippen molar-refractivity contribution < 1.29 is 49.3 Å². The second-order valence-corrected chi connectivity index (χ2v) is 7.84. The summed E-state index contributed by atoms with van der Waals surface area (Å²) in [6.07, 6.45) is -2.56. The van der Waals surface area contributed by atoms with Crippen LogP contribution < -0.4 is 10.2 Å². The molecule has 0 bridgehead atoms. The number of ether oxygens (including phenoxy) is 3. The van der Waals surface area contributed by atoms with Crippen molar-refractivity contribution in [1.29, 1.82) is 0 Å². The van der Waals surface area contributed by atoms with Crippen LogP contribution in [0.15, 0.2) is 51.7 Å². The topological polar surface area (TPSA) is 179 Å². The van der Waals surface area contributed by atoms with E-state index in [0.717, 1.165) is 6.07 Å². The van der Waals surface area contributed by atoms with Crippen LogP contribution in [0, 0.1) is 0 Å². The highest BCUT2D eigenvalue weighted by Crippen LogP contribution is 2.34. The molecule has 0 unspecified atom stereocenters. The van der Waals surface area contributed by atoms with E-state index in [2.05, 4.69) is 0 Å². The minimum Gasteiger partial charge on any atom is -0.507 e. The lowest BCUT2D eigenvalue weighted by Gasteiger charge is -2.40. The zero-order valence-corrected chi connectivity index (χ0v) is 17.4. The second-order valence-electron chi connectivity index (χ2n) is 7.84.